The van der Waals surface area contributed by atoms with Gasteiger partial charge in [0.25, 0.3) is 0 Å². The molecule has 2 aromatic carbocycles. The molecule has 1 heterocycles. The van der Waals surface area contributed by atoms with Crippen LogP contribution >= 0.6 is 0 Å². The van der Waals surface area contributed by atoms with Crippen molar-refractivity contribution < 1.29 is 14.6 Å². The van der Waals surface area contributed by atoms with E-state index in [0.717, 1.165) is 18.7 Å². The van der Waals surface area contributed by atoms with Crippen LogP contribution in [0.15, 0.2) is 42.5 Å². The lowest BCUT2D eigenvalue weighted by molar-refractivity contribution is 0.00659. The first-order chi connectivity index (χ1) is 12.4. The van der Waals surface area contributed by atoms with Gasteiger partial charge >= 0.3 is 6.09 Å². The SMILES string of the molecule is CC(C)(C)OC(=O)N1CCN(C(CO)c2ccc3ccccc3c2)CC1. The van der Waals surface area contributed by atoms with Crippen LogP contribution in [0.1, 0.15) is 32.4 Å². The highest BCUT2D eigenvalue weighted by Crippen LogP contribution is 2.26. The van der Waals surface area contributed by atoms with Gasteiger partial charge in [-0.05, 0) is 43.2 Å². The van der Waals surface area contributed by atoms with Crippen LogP contribution in [0.3, 0.4) is 0 Å². The van der Waals surface area contributed by atoms with Gasteiger partial charge in [0.15, 0.2) is 0 Å². The molecule has 1 amide bonds. The molecular formula is C21H28N2O3. The Morgan fingerprint density at radius 3 is 2.35 bits per heavy atom. The van der Waals surface area contributed by atoms with Gasteiger partial charge in [-0.3, -0.25) is 4.90 Å². The average Bonchev–Trinajstić information content (AvgIpc) is 2.61. The highest BCUT2D eigenvalue weighted by Gasteiger charge is 2.29. The van der Waals surface area contributed by atoms with Gasteiger partial charge in [-0.15, -0.1) is 0 Å². The molecule has 0 spiro atoms. The maximum absolute atomic E-state index is 12.2. The van der Waals surface area contributed by atoms with E-state index in [2.05, 4.69) is 35.2 Å². The van der Waals surface area contributed by atoms with Gasteiger partial charge in [0.05, 0.1) is 12.6 Å². The fourth-order valence-electron chi connectivity index (χ4n) is 3.39. The predicted octanol–water partition coefficient (Wildman–Crippen LogP) is 3.43. The number of fused-ring (bicyclic) bond motifs is 1. The summed E-state index contributed by atoms with van der Waals surface area (Å²) in [6.45, 7) is 8.35. The van der Waals surface area contributed by atoms with Gasteiger partial charge < -0.3 is 14.7 Å². The zero-order valence-corrected chi connectivity index (χ0v) is 15.8. The number of piperazine rings is 1. The topological polar surface area (TPSA) is 53.0 Å². The molecule has 26 heavy (non-hydrogen) atoms. The van der Waals surface area contributed by atoms with Gasteiger partial charge in [0.2, 0.25) is 0 Å². The Bertz CT molecular complexity index is 761. The smallest absolute Gasteiger partial charge is 0.410 e. The van der Waals surface area contributed by atoms with Crippen LogP contribution in [-0.4, -0.2) is 59.4 Å². The summed E-state index contributed by atoms with van der Waals surface area (Å²) in [7, 11) is 0. The van der Waals surface area contributed by atoms with E-state index in [4.69, 9.17) is 4.74 Å². The number of nitrogens with zero attached hydrogens (tertiary/aromatic N) is 2. The van der Waals surface area contributed by atoms with Gasteiger partial charge in [0.1, 0.15) is 5.60 Å². The second kappa shape index (κ2) is 7.64. The number of ether oxygens (including phenoxy) is 1. The van der Waals surface area contributed by atoms with E-state index in [-0.39, 0.29) is 18.7 Å². The summed E-state index contributed by atoms with van der Waals surface area (Å²) in [4.78, 5) is 16.2. The molecule has 1 atom stereocenters. The largest absolute Gasteiger partial charge is 0.444 e. The fraction of sp³-hybridized carbons (Fsp3) is 0.476. The van der Waals surface area contributed by atoms with Crippen molar-refractivity contribution >= 4 is 16.9 Å². The number of rotatable bonds is 3. The predicted molar refractivity (Wildman–Crippen MR) is 103 cm³/mol. The Kier molecular flexibility index (Phi) is 5.49. The quantitative estimate of drug-likeness (QED) is 0.915. The normalized spacial score (nSPS) is 17.3. The van der Waals surface area contributed by atoms with Crippen molar-refractivity contribution in [2.45, 2.75) is 32.4 Å². The fourth-order valence-corrected chi connectivity index (χ4v) is 3.39. The minimum Gasteiger partial charge on any atom is -0.444 e. The van der Waals surface area contributed by atoms with Crippen LogP contribution in [0.2, 0.25) is 0 Å². The monoisotopic (exact) mass is 356 g/mol. The van der Waals surface area contributed by atoms with E-state index in [9.17, 15) is 9.90 Å². The number of benzene rings is 2. The van der Waals surface area contributed by atoms with Gasteiger partial charge in [0, 0.05) is 26.2 Å². The summed E-state index contributed by atoms with van der Waals surface area (Å²) in [5.41, 5.74) is 0.629. The Morgan fingerprint density at radius 2 is 1.73 bits per heavy atom. The number of aliphatic hydroxyl groups excluding tert-OH is 1. The number of carbonyl (C=O) groups is 1. The zero-order valence-electron chi connectivity index (χ0n) is 15.8. The van der Waals surface area contributed by atoms with E-state index in [0.29, 0.717) is 13.1 Å². The maximum atomic E-state index is 12.2. The third-order valence-electron chi connectivity index (χ3n) is 4.74. The Labute approximate surface area is 155 Å². The molecule has 1 unspecified atom stereocenters. The molecule has 1 N–H and O–H groups in total. The van der Waals surface area contributed by atoms with Crippen LogP contribution < -0.4 is 0 Å². The molecular weight excluding hydrogens is 328 g/mol. The number of amides is 1. The summed E-state index contributed by atoms with van der Waals surface area (Å²) in [6, 6.07) is 14.5. The lowest BCUT2D eigenvalue weighted by Gasteiger charge is -2.39. The molecule has 0 aliphatic carbocycles. The second-order valence-corrected chi connectivity index (χ2v) is 7.81. The van der Waals surface area contributed by atoms with Gasteiger partial charge in [-0.1, -0.05) is 36.4 Å². The van der Waals surface area contributed by atoms with Crippen molar-refractivity contribution in [2.24, 2.45) is 0 Å². The molecule has 1 saturated heterocycles. The number of hydrogen-bond donors (Lipinski definition) is 1. The van der Waals surface area contributed by atoms with Crippen molar-refractivity contribution in [3.8, 4) is 0 Å². The average molecular weight is 356 g/mol. The molecule has 3 rings (SSSR count). The lowest BCUT2D eigenvalue weighted by atomic mass is 10.0. The molecule has 0 radical (unpaired) electrons. The van der Waals surface area contributed by atoms with Crippen molar-refractivity contribution in [3.63, 3.8) is 0 Å². The Morgan fingerprint density at radius 1 is 1.08 bits per heavy atom. The third kappa shape index (κ3) is 4.34. The van der Waals surface area contributed by atoms with Crippen molar-refractivity contribution in [3.05, 3.63) is 48.0 Å². The van der Waals surface area contributed by atoms with Gasteiger partial charge in [-0.2, -0.15) is 0 Å². The van der Waals surface area contributed by atoms with Crippen LogP contribution in [0, 0.1) is 0 Å². The molecule has 5 nitrogen and oxygen atoms in total. The van der Waals surface area contributed by atoms with Crippen molar-refractivity contribution in [1.29, 1.82) is 0 Å². The minimum atomic E-state index is -0.479. The molecule has 2 aromatic rings. The zero-order chi connectivity index (χ0) is 18.7. The van der Waals surface area contributed by atoms with Crippen molar-refractivity contribution in [2.75, 3.05) is 32.8 Å². The van der Waals surface area contributed by atoms with Crippen LogP contribution in [0.5, 0.6) is 0 Å². The van der Waals surface area contributed by atoms with E-state index >= 15 is 0 Å². The summed E-state index contributed by atoms with van der Waals surface area (Å²) >= 11 is 0. The summed E-state index contributed by atoms with van der Waals surface area (Å²) in [5.74, 6) is 0. The molecule has 1 aliphatic rings. The standard InChI is InChI=1S/C21H28N2O3/c1-21(2,3)26-20(25)23-12-10-22(11-13-23)19(15-24)18-9-8-16-6-4-5-7-17(16)14-18/h4-9,14,19,24H,10-13,15H2,1-3H3. The number of hydrogen-bond acceptors (Lipinski definition) is 4. The molecule has 0 aromatic heterocycles. The van der Waals surface area contributed by atoms with E-state index in [1.54, 1.807) is 4.90 Å². The van der Waals surface area contributed by atoms with Crippen LogP contribution in [-0.2, 0) is 4.74 Å². The summed E-state index contributed by atoms with van der Waals surface area (Å²) in [5, 5.41) is 12.4. The van der Waals surface area contributed by atoms with E-state index < -0.39 is 5.60 Å². The Balaban J connectivity index is 1.67. The molecule has 0 bridgehead atoms. The highest BCUT2D eigenvalue weighted by atomic mass is 16.6. The molecule has 1 aliphatic heterocycles. The molecule has 0 saturated carbocycles. The van der Waals surface area contributed by atoms with E-state index in [1.807, 2.05) is 32.9 Å². The number of carbonyl (C=O) groups excluding carboxylic acids is 1. The first kappa shape index (κ1) is 18.7. The third-order valence-corrected chi connectivity index (χ3v) is 4.74. The molecule has 140 valence electrons. The van der Waals surface area contributed by atoms with E-state index in [1.165, 1.54) is 10.8 Å². The minimum absolute atomic E-state index is 0.0552. The second-order valence-electron chi connectivity index (χ2n) is 7.81. The van der Waals surface area contributed by atoms with Crippen molar-refractivity contribution in [1.82, 2.24) is 9.80 Å². The summed E-state index contributed by atoms with van der Waals surface area (Å²) in [6.07, 6.45) is -0.261. The van der Waals surface area contributed by atoms with Gasteiger partial charge in [-0.25, -0.2) is 4.79 Å². The van der Waals surface area contributed by atoms with Crippen LogP contribution in [0.4, 0.5) is 4.79 Å². The lowest BCUT2D eigenvalue weighted by Crippen LogP contribution is -2.51. The molecule has 1 fully saturated rings. The maximum Gasteiger partial charge on any atom is 0.410 e. The highest BCUT2D eigenvalue weighted by molar-refractivity contribution is 5.83. The number of aliphatic hydroxyl groups is 1. The summed E-state index contributed by atoms with van der Waals surface area (Å²) < 4.78 is 5.45. The molecule has 5 heteroatoms. The van der Waals surface area contributed by atoms with Crippen LogP contribution in [0.25, 0.3) is 10.8 Å². The first-order valence-corrected chi connectivity index (χ1v) is 9.19. The first-order valence-electron chi connectivity index (χ1n) is 9.19. The Hall–Kier alpha value is -2.11.